The summed E-state index contributed by atoms with van der Waals surface area (Å²) in [5.41, 5.74) is 0. The van der Waals surface area contributed by atoms with E-state index in [9.17, 15) is 4.79 Å². The molecule has 1 aliphatic heterocycles. The van der Waals surface area contributed by atoms with E-state index in [0.29, 0.717) is 6.42 Å². The second-order valence-electron chi connectivity index (χ2n) is 6.16. The van der Waals surface area contributed by atoms with E-state index in [1.165, 1.54) is 19.3 Å². The maximum Gasteiger partial charge on any atom is 0.303 e. The molecule has 0 aliphatic carbocycles. The van der Waals surface area contributed by atoms with Crippen LogP contribution in [0.15, 0.2) is 36.5 Å². The molecular formula is C20H32O4. The summed E-state index contributed by atoms with van der Waals surface area (Å²) in [6, 6.07) is 0. The fraction of sp³-hybridized carbons (Fsp3) is 0.650. The van der Waals surface area contributed by atoms with E-state index in [1.54, 1.807) is 0 Å². The third-order valence-corrected chi connectivity index (χ3v) is 3.94. The van der Waals surface area contributed by atoms with Crippen LogP contribution < -0.4 is 0 Å². The van der Waals surface area contributed by atoms with Gasteiger partial charge in [-0.15, -0.1) is 0 Å². The van der Waals surface area contributed by atoms with E-state index in [1.807, 2.05) is 0 Å². The minimum atomic E-state index is -0.720. The first-order valence-electron chi connectivity index (χ1n) is 9.24. The first-order valence-corrected chi connectivity index (χ1v) is 9.24. The molecule has 24 heavy (non-hydrogen) atoms. The van der Waals surface area contributed by atoms with Crippen LogP contribution in [0.1, 0.15) is 71.1 Å². The number of carboxylic acids is 1. The lowest BCUT2D eigenvalue weighted by atomic mass is 10.0. The van der Waals surface area contributed by atoms with Crippen molar-refractivity contribution in [2.45, 2.75) is 83.3 Å². The molecule has 0 aromatic carbocycles. The maximum absolute atomic E-state index is 10.3. The van der Waals surface area contributed by atoms with E-state index in [-0.39, 0.29) is 18.6 Å². The fourth-order valence-electron chi connectivity index (χ4n) is 2.46. The zero-order valence-electron chi connectivity index (χ0n) is 14.9. The van der Waals surface area contributed by atoms with Gasteiger partial charge in [0.05, 0.1) is 0 Å². The molecule has 2 atom stereocenters. The van der Waals surface area contributed by atoms with E-state index >= 15 is 0 Å². The zero-order valence-corrected chi connectivity index (χ0v) is 14.9. The van der Waals surface area contributed by atoms with Gasteiger partial charge >= 0.3 is 5.97 Å². The standard InChI is InChI=1S/C20H32O4/c1-2-3-12-15-18-19(24-23-18)16-13-10-8-6-4-5-7-9-11-14-17-20(21)22/h4,6-7,9,13,16,18-19H,2-3,5,8,10-12,14-15,17H2,1H3,(H,21,22)/b6-4-,9-7-,16-13+/t18-,19-/m0/s1. The summed E-state index contributed by atoms with van der Waals surface area (Å²) in [5.74, 6) is -0.720. The lowest BCUT2D eigenvalue weighted by Crippen LogP contribution is -2.41. The summed E-state index contributed by atoms with van der Waals surface area (Å²) in [6.45, 7) is 2.21. The lowest BCUT2D eigenvalue weighted by molar-refractivity contribution is -0.452. The molecule has 1 aliphatic rings. The van der Waals surface area contributed by atoms with Crippen LogP contribution in [0.3, 0.4) is 0 Å². The van der Waals surface area contributed by atoms with Crippen molar-refractivity contribution in [1.82, 2.24) is 0 Å². The highest BCUT2D eigenvalue weighted by Crippen LogP contribution is 2.23. The molecule has 0 aromatic rings. The number of aliphatic carboxylic acids is 1. The van der Waals surface area contributed by atoms with Crippen LogP contribution in [-0.2, 0) is 14.6 Å². The van der Waals surface area contributed by atoms with Crippen LogP contribution in [0.5, 0.6) is 0 Å². The molecule has 0 amide bonds. The normalized spacial score (nSPS) is 21.0. The molecule has 4 nitrogen and oxygen atoms in total. The van der Waals surface area contributed by atoms with Crippen LogP contribution >= 0.6 is 0 Å². The van der Waals surface area contributed by atoms with Gasteiger partial charge in [-0.2, -0.15) is 0 Å². The van der Waals surface area contributed by atoms with Crippen LogP contribution in [0, 0.1) is 0 Å². The summed E-state index contributed by atoms with van der Waals surface area (Å²) in [7, 11) is 0. The van der Waals surface area contributed by atoms with Crippen LogP contribution in [-0.4, -0.2) is 23.3 Å². The molecule has 0 radical (unpaired) electrons. The topological polar surface area (TPSA) is 55.8 Å². The van der Waals surface area contributed by atoms with Gasteiger partial charge in [0.15, 0.2) is 0 Å². The van der Waals surface area contributed by atoms with Crippen molar-refractivity contribution < 1.29 is 19.7 Å². The van der Waals surface area contributed by atoms with E-state index < -0.39 is 5.97 Å². The Labute approximate surface area is 146 Å². The largest absolute Gasteiger partial charge is 0.481 e. The molecule has 1 N–H and O–H groups in total. The minimum Gasteiger partial charge on any atom is -0.481 e. The van der Waals surface area contributed by atoms with E-state index in [2.05, 4.69) is 43.4 Å². The number of carbonyl (C=O) groups is 1. The van der Waals surface area contributed by atoms with Gasteiger partial charge in [0.1, 0.15) is 12.2 Å². The zero-order chi connectivity index (χ0) is 17.5. The molecule has 0 unspecified atom stereocenters. The highest BCUT2D eigenvalue weighted by molar-refractivity contribution is 5.66. The second-order valence-corrected chi connectivity index (χ2v) is 6.16. The van der Waals surface area contributed by atoms with E-state index in [0.717, 1.165) is 32.1 Å². The SMILES string of the molecule is CCCCC[C@@H]1OO[C@H]1/C=C/CC/C=C\C/C=C\CCCC(=O)O. The van der Waals surface area contributed by atoms with E-state index in [4.69, 9.17) is 14.9 Å². The summed E-state index contributed by atoms with van der Waals surface area (Å²) in [4.78, 5) is 20.6. The first-order chi connectivity index (χ1) is 11.7. The van der Waals surface area contributed by atoms with Gasteiger partial charge in [-0.25, -0.2) is 9.78 Å². The summed E-state index contributed by atoms with van der Waals surface area (Å²) < 4.78 is 0. The number of carboxylic acid groups (broad SMARTS) is 1. The predicted octanol–water partition coefficient (Wildman–Crippen LogP) is 5.36. The monoisotopic (exact) mass is 336 g/mol. The predicted molar refractivity (Wildman–Crippen MR) is 96.6 cm³/mol. The van der Waals surface area contributed by atoms with Crippen LogP contribution in [0.2, 0.25) is 0 Å². The highest BCUT2D eigenvalue weighted by Gasteiger charge is 2.31. The highest BCUT2D eigenvalue weighted by atomic mass is 17.2. The molecular weight excluding hydrogens is 304 g/mol. The van der Waals surface area contributed by atoms with Crippen molar-refractivity contribution >= 4 is 5.97 Å². The van der Waals surface area contributed by atoms with Gasteiger partial charge in [0, 0.05) is 6.42 Å². The van der Waals surface area contributed by atoms with Crippen molar-refractivity contribution in [2.24, 2.45) is 0 Å². The van der Waals surface area contributed by atoms with Crippen molar-refractivity contribution in [3.63, 3.8) is 0 Å². The average molecular weight is 336 g/mol. The molecule has 1 fully saturated rings. The third-order valence-electron chi connectivity index (χ3n) is 3.94. The molecule has 0 saturated carbocycles. The van der Waals surface area contributed by atoms with Crippen molar-refractivity contribution in [1.29, 1.82) is 0 Å². The Bertz CT molecular complexity index is 412. The van der Waals surface area contributed by atoms with Crippen LogP contribution in [0.4, 0.5) is 0 Å². The Morgan fingerprint density at radius 2 is 1.71 bits per heavy atom. The Hall–Kier alpha value is -1.39. The van der Waals surface area contributed by atoms with Gasteiger partial charge in [-0.05, 0) is 38.5 Å². The third kappa shape index (κ3) is 10.4. The molecule has 1 heterocycles. The molecule has 1 saturated heterocycles. The Balaban J connectivity index is 1.97. The number of allylic oxidation sites excluding steroid dienone is 5. The quantitative estimate of drug-likeness (QED) is 0.263. The van der Waals surface area contributed by atoms with Crippen molar-refractivity contribution in [3.8, 4) is 0 Å². The van der Waals surface area contributed by atoms with Gasteiger partial charge in [0.2, 0.25) is 0 Å². The summed E-state index contributed by atoms with van der Waals surface area (Å²) in [6.07, 6.45) is 22.7. The fourth-order valence-corrected chi connectivity index (χ4v) is 2.46. The minimum absolute atomic E-state index is 0.138. The smallest absolute Gasteiger partial charge is 0.303 e. The van der Waals surface area contributed by atoms with Gasteiger partial charge in [-0.1, -0.05) is 62.6 Å². The Kier molecular flexibility index (Phi) is 12.0. The van der Waals surface area contributed by atoms with Gasteiger partial charge in [-0.3, -0.25) is 4.79 Å². The van der Waals surface area contributed by atoms with Crippen molar-refractivity contribution in [3.05, 3.63) is 36.5 Å². The number of rotatable bonds is 14. The van der Waals surface area contributed by atoms with Crippen molar-refractivity contribution in [2.75, 3.05) is 0 Å². The first kappa shape index (κ1) is 20.7. The number of unbranched alkanes of at least 4 members (excludes halogenated alkanes) is 4. The summed E-state index contributed by atoms with van der Waals surface area (Å²) in [5, 5.41) is 8.52. The van der Waals surface area contributed by atoms with Gasteiger partial charge in [0.25, 0.3) is 0 Å². The Morgan fingerprint density at radius 3 is 2.38 bits per heavy atom. The van der Waals surface area contributed by atoms with Crippen LogP contribution in [0.25, 0.3) is 0 Å². The molecule has 0 bridgehead atoms. The maximum atomic E-state index is 10.3. The molecule has 4 heteroatoms. The second kappa shape index (κ2) is 14.0. The molecule has 1 rings (SSSR count). The summed E-state index contributed by atoms with van der Waals surface area (Å²) >= 11 is 0. The average Bonchev–Trinajstić information content (AvgIpc) is 2.54. The molecule has 0 spiro atoms. The number of hydrogen-bond donors (Lipinski definition) is 1. The molecule has 0 aromatic heterocycles. The van der Waals surface area contributed by atoms with Gasteiger partial charge < -0.3 is 5.11 Å². The lowest BCUT2D eigenvalue weighted by Gasteiger charge is -2.32. The Morgan fingerprint density at radius 1 is 0.958 bits per heavy atom. The number of hydrogen-bond acceptors (Lipinski definition) is 3. The molecule has 136 valence electrons.